The standard InChI is InChI=1S/C85H51N5S/c1-5-28-64-55(19-1)56-20-2-6-29-65(56)81(64)50-43-71-83(86-48-50)84-72(44-51(49-87-84)82-66-30-7-3-21-57(66)58-22-4-8-31-67(58)82)85(71)69-40-37-53(89-75-34-16-11-25-61(75)62-26-12-17-35-76(62)89)46-79(69)91-80-47-54(38-41-70(80)85)90-77-36-18-13-27-63(77)68-45-52(39-42-78(68)90)88-73-32-14-9-23-59(73)60-24-10-15-33-74(60)88/h1-49,81-82H. The molecule has 0 fully saturated rings. The van der Waals surface area contributed by atoms with Crippen LogP contribution in [0.5, 0.6) is 0 Å². The summed E-state index contributed by atoms with van der Waals surface area (Å²) in [6.07, 6.45) is 4.32. The maximum absolute atomic E-state index is 5.72. The molecule has 1 aliphatic heterocycles. The molecule has 422 valence electrons. The van der Waals surface area contributed by atoms with Crippen LogP contribution in [0.1, 0.15) is 67.5 Å². The van der Waals surface area contributed by atoms with Gasteiger partial charge in [-0.05, 0) is 163 Å². The Bertz CT molecular complexity index is 5710. The number of benzene rings is 12. The van der Waals surface area contributed by atoms with Crippen molar-refractivity contribution in [3.63, 3.8) is 0 Å². The molecule has 91 heavy (non-hydrogen) atoms. The molecule has 5 nitrogen and oxygen atoms in total. The fraction of sp³-hybridized carbons (Fsp3) is 0.0353. The summed E-state index contributed by atoms with van der Waals surface area (Å²) in [5.74, 6) is -0.0209. The van der Waals surface area contributed by atoms with E-state index in [-0.39, 0.29) is 11.8 Å². The lowest BCUT2D eigenvalue weighted by atomic mass is 9.66. The Morgan fingerprint density at radius 1 is 0.275 bits per heavy atom. The molecule has 21 rings (SSSR count). The number of hydrogen-bond acceptors (Lipinski definition) is 3. The van der Waals surface area contributed by atoms with E-state index >= 15 is 0 Å². The van der Waals surface area contributed by atoms with E-state index in [1.807, 2.05) is 11.8 Å². The van der Waals surface area contributed by atoms with Crippen LogP contribution < -0.4 is 0 Å². The molecule has 6 heterocycles. The maximum atomic E-state index is 5.72. The van der Waals surface area contributed by atoms with Gasteiger partial charge in [0.15, 0.2) is 0 Å². The molecule has 0 atom stereocenters. The highest BCUT2D eigenvalue weighted by Gasteiger charge is 2.53. The molecular formula is C85H51N5S. The summed E-state index contributed by atoms with van der Waals surface area (Å²) in [5, 5.41) is 7.41. The van der Waals surface area contributed by atoms with E-state index in [0.717, 1.165) is 50.6 Å². The van der Waals surface area contributed by atoms with Gasteiger partial charge in [0.05, 0.1) is 49.9 Å². The zero-order valence-corrected chi connectivity index (χ0v) is 49.9. The Balaban J connectivity index is 0.839. The molecule has 17 aromatic rings. The minimum absolute atomic E-state index is 0.0105. The van der Waals surface area contributed by atoms with Crippen molar-refractivity contribution >= 4 is 77.2 Å². The lowest BCUT2D eigenvalue weighted by Gasteiger charge is -2.40. The van der Waals surface area contributed by atoms with Crippen LogP contribution in [0.3, 0.4) is 0 Å². The topological polar surface area (TPSA) is 40.6 Å². The Labute approximate surface area is 528 Å². The Hall–Kier alpha value is -11.3. The quantitative estimate of drug-likeness (QED) is 0.172. The van der Waals surface area contributed by atoms with Gasteiger partial charge in [0.1, 0.15) is 0 Å². The lowest BCUT2D eigenvalue weighted by molar-refractivity contribution is 0.713. The average molecular weight is 1170 g/mol. The van der Waals surface area contributed by atoms with Crippen molar-refractivity contribution in [2.75, 3.05) is 0 Å². The number of rotatable bonds is 5. The SMILES string of the molecule is c1ccc2c(c1)-c1ccccc1C2c1cnc2c(c1)C1(c3ccc(-n4c5ccccc5c5ccccc54)cc3Sc3cc(-n4c5ccccc5c5cc(-n6c7ccccc7c7ccccc76)ccc54)ccc31)c1cc(C3c4ccccc4-c4ccccc43)cnc1-2. The van der Waals surface area contributed by atoms with E-state index in [9.17, 15) is 0 Å². The minimum Gasteiger partial charge on any atom is -0.309 e. The van der Waals surface area contributed by atoms with E-state index in [2.05, 4.69) is 311 Å². The molecule has 0 N–H and O–H groups in total. The maximum Gasteiger partial charge on any atom is 0.0937 e. The van der Waals surface area contributed by atoms with Crippen molar-refractivity contribution in [3.05, 3.63) is 353 Å². The molecule has 0 saturated carbocycles. The third kappa shape index (κ3) is 6.61. The first kappa shape index (κ1) is 49.7. The third-order valence-electron chi connectivity index (χ3n) is 20.7. The second-order valence-electron chi connectivity index (χ2n) is 25.1. The van der Waals surface area contributed by atoms with Gasteiger partial charge in [0.25, 0.3) is 0 Å². The van der Waals surface area contributed by atoms with Crippen LogP contribution in [0, 0.1) is 0 Å². The van der Waals surface area contributed by atoms with Gasteiger partial charge in [0, 0.05) is 83.4 Å². The number of aromatic nitrogens is 5. The summed E-state index contributed by atoms with van der Waals surface area (Å²) < 4.78 is 7.40. The van der Waals surface area contributed by atoms with E-state index in [1.165, 1.54) is 131 Å². The minimum atomic E-state index is -0.849. The van der Waals surface area contributed by atoms with E-state index in [0.29, 0.717) is 0 Å². The van der Waals surface area contributed by atoms with Crippen LogP contribution in [0.2, 0.25) is 0 Å². The van der Waals surface area contributed by atoms with Crippen LogP contribution in [-0.4, -0.2) is 23.7 Å². The first-order valence-corrected chi connectivity index (χ1v) is 32.3. The summed E-state index contributed by atoms with van der Waals surface area (Å²) in [7, 11) is 0. The molecule has 12 aromatic carbocycles. The lowest BCUT2D eigenvalue weighted by Crippen LogP contribution is -2.32. The summed E-state index contributed by atoms with van der Waals surface area (Å²) >= 11 is 1.89. The van der Waals surface area contributed by atoms with Gasteiger partial charge < -0.3 is 13.7 Å². The van der Waals surface area contributed by atoms with E-state index < -0.39 is 5.41 Å². The van der Waals surface area contributed by atoms with Gasteiger partial charge in [-0.3, -0.25) is 9.97 Å². The van der Waals surface area contributed by atoms with Crippen molar-refractivity contribution in [2.24, 2.45) is 0 Å². The molecule has 0 amide bonds. The molecule has 0 saturated heterocycles. The number of fused-ring (bicyclic) bond motifs is 24. The summed E-state index contributed by atoms with van der Waals surface area (Å²) in [5.41, 5.74) is 29.0. The second kappa shape index (κ2) is 18.4. The van der Waals surface area contributed by atoms with Crippen molar-refractivity contribution in [1.29, 1.82) is 0 Å². The molecule has 0 bridgehead atoms. The third-order valence-corrected chi connectivity index (χ3v) is 21.8. The predicted molar refractivity (Wildman–Crippen MR) is 372 cm³/mol. The van der Waals surface area contributed by atoms with E-state index in [1.54, 1.807) is 0 Å². The first-order chi connectivity index (χ1) is 45.2. The molecule has 5 aromatic heterocycles. The van der Waals surface area contributed by atoms with Crippen molar-refractivity contribution in [1.82, 2.24) is 23.7 Å². The Morgan fingerprint density at radius 2 is 0.582 bits per heavy atom. The average Bonchev–Trinajstić information content (AvgIpc) is 1.58. The highest BCUT2D eigenvalue weighted by molar-refractivity contribution is 7.99. The van der Waals surface area contributed by atoms with E-state index in [4.69, 9.17) is 9.97 Å². The number of para-hydroxylation sites is 5. The second-order valence-corrected chi connectivity index (χ2v) is 26.1. The molecule has 4 aliphatic rings. The highest BCUT2D eigenvalue weighted by Crippen LogP contribution is 2.64. The van der Waals surface area contributed by atoms with Gasteiger partial charge >= 0.3 is 0 Å². The fourth-order valence-electron chi connectivity index (χ4n) is 17.1. The van der Waals surface area contributed by atoms with Gasteiger partial charge in [-0.25, -0.2) is 0 Å². The number of nitrogens with zero attached hydrogens (tertiary/aromatic N) is 5. The van der Waals surface area contributed by atoms with Crippen molar-refractivity contribution in [2.45, 2.75) is 27.0 Å². The van der Waals surface area contributed by atoms with Crippen LogP contribution in [0.15, 0.2) is 307 Å². The molecule has 0 unspecified atom stereocenters. The number of pyridine rings is 2. The Morgan fingerprint density at radius 3 is 0.967 bits per heavy atom. The van der Waals surface area contributed by atoms with Gasteiger partial charge in [0.2, 0.25) is 0 Å². The van der Waals surface area contributed by atoms with Crippen LogP contribution in [-0.2, 0) is 5.41 Å². The molecule has 0 radical (unpaired) electrons. The van der Waals surface area contributed by atoms with Crippen LogP contribution in [0.25, 0.3) is 116 Å². The molecule has 6 heteroatoms. The smallest absolute Gasteiger partial charge is 0.0937 e. The molecule has 1 spiro atoms. The first-order valence-electron chi connectivity index (χ1n) is 31.5. The molecule has 3 aliphatic carbocycles. The van der Waals surface area contributed by atoms with Crippen LogP contribution >= 0.6 is 11.8 Å². The fourth-order valence-corrected chi connectivity index (χ4v) is 18.4. The Kier molecular flexibility index (Phi) is 10.0. The highest BCUT2D eigenvalue weighted by atomic mass is 32.2. The largest absolute Gasteiger partial charge is 0.309 e. The van der Waals surface area contributed by atoms with Gasteiger partial charge in [-0.2, -0.15) is 0 Å². The monoisotopic (exact) mass is 1170 g/mol. The molecular weight excluding hydrogens is 1120 g/mol. The number of hydrogen-bond donors (Lipinski definition) is 0. The summed E-state index contributed by atoms with van der Waals surface area (Å²) in [6, 6.07) is 107. The normalized spacial score (nSPS) is 14.1. The zero-order chi connectivity index (χ0) is 59.2. The predicted octanol–water partition coefficient (Wildman–Crippen LogP) is 20.9. The van der Waals surface area contributed by atoms with Gasteiger partial charge in [-0.15, -0.1) is 0 Å². The zero-order valence-electron chi connectivity index (χ0n) is 49.1. The van der Waals surface area contributed by atoms with Crippen molar-refractivity contribution < 1.29 is 0 Å². The van der Waals surface area contributed by atoms with Crippen LogP contribution in [0.4, 0.5) is 0 Å². The van der Waals surface area contributed by atoms with Crippen molar-refractivity contribution in [3.8, 4) is 50.7 Å². The summed E-state index contributed by atoms with van der Waals surface area (Å²) in [4.78, 5) is 13.8. The summed E-state index contributed by atoms with van der Waals surface area (Å²) in [6.45, 7) is 0. The van der Waals surface area contributed by atoms with Gasteiger partial charge in [-0.1, -0.05) is 212 Å².